The number of fused-ring (bicyclic) bond motifs is 1. The summed E-state index contributed by atoms with van der Waals surface area (Å²) in [5, 5.41) is 0.715. The topological polar surface area (TPSA) is 69.0 Å². The summed E-state index contributed by atoms with van der Waals surface area (Å²) in [7, 11) is 1.35. The van der Waals surface area contributed by atoms with Crippen molar-refractivity contribution < 1.29 is 23.5 Å². The Morgan fingerprint density at radius 1 is 0.972 bits per heavy atom. The molecule has 7 heteroatoms. The fraction of sp³-hybridized carbons (Fsp3) is 0.448. The van der Waals surface area contributed by atoms with Gasteiger partial charge < -0.3 is 18.8 Å². The number of likely N-dealkylation sites (tertiary alicyclic amines) is 1. The van der Waals surface area contributed by atoms with Crippen molar-refractivity contribution in [3.8, 4) is 5.75 Å². The van der Waals surface area contributed by atoms with Gasteiger partial charge in [0.05, 0.1) is 24.8 Å². The van der Waals surface area contributed by atoms with E-state index in [1.807, 2.05) is 24.3 Å². The highest BCUT2D eigenvalue weighted by Gasteiger charge is 2.23. The summed E-state index contributed by atoms with van der Waals surface area (Å²) in [5.74, 6) is 0.910. The molecule has 3 aromatic rings. The summed E-state index contributed by atoms with van der Waals surface area (Å²) in [6.07, 6.45) is 7.51. The molecule has 0 N–H and O–H groups in total. The molecule has 0 amide bonds. The molecule has 2 aromatic carbocycles. The molecule has 36 heavy (non-hydrogen) atoms. The molecule has 0 atom stereocenters. The van der Waals surface area contributed by atoms with Crippen LogP contribution in [-0.4, -0.2) is 50.0 Å². The number of piperidine rings is 1. The van der Waals surface area contributed by atoms with E-state index in [0.717, 1.165) is 31.6 Å². The van der Waals surface area contributed by atoms with E-state index in [2.05, 4.69) is 11.8 Å². The van der Waals surface area contributed by atoms with Crippen molar-refractivity contribution in [2.24, 2.45) is 0 Å². The van der Waals surface area contributed by atoms with Gasteiger partial charge in [0.25, 0.3) is 0 Å². The summed E-state index contributed by atoms with van der Waals surface area (Å²) >= 11 is 0. The Morgan fingerprint density at radius 3 is 2.39 bits per heavy atom. The maximum absolute atomic E-state index is 13.5. The average molecular weight is 514 g/mol. The first-order chi connectivity index (χ1) is 17.1. The highest BCUT2D eigenvalue weighted by atomic mass is 35.5. The third kappa shape index (κ3) is 6.68. The molecule has 0 radical (unpaired) electrons. The lowest BCUT2D eigenvalue weighted by atomic mass is 9.98. The molecule has 2 heterocycles. The van der Waals surface area contributed by atoms with E-state index < -0.39 is 5.97 Å². The Hall–Kier alpha value is -2.83. The quantitative estimate of drug-likeness (QED) is 0.166. The Kier molecular flexibility index (Phi) is 10.4. The third-order valence-corrected chi connectivity index (χ3v) is 6.62. The average Bonchev–Trinajstić information content (AvgIpc) is 3.27. The standard InChI is InChI=1S/C29H35NO5.ClH/c1-3-4-9-25-27(24-15-12-22(29(32)33-2)20-26(24)35-25)28(31)21-10-13-23(14-11-21)34-19-8-18-30-16-6-5-7-17-30;/h10-15,20H,3-9,16-19H2,1-2H3;1H. The maximum Gasteiger partial charge on any atom is 0.337 e. The molecule has 4 rings (SSSR count). The molecule has 0 saturated carbocycles. The SMILES string of the molecule is CCCCc1oc2cc(C(=O)OC)ccc2c1C(=O)c1ccc(OCCCN2CCCCC2)cc1.Cl. The zero-order valence-corrected chi connectivity index (χ0v) is 22.0. The van der Waals surface area contributed by atoms with Gasteiger partial charge in [0.1, 0.15) is 17.1 Å². The zero-order chi connectivity index (χ0) is 24.6. The number of carbonyl (C=O) groups is 2. The molecular weight excluding hydrogens is 478 g/mol. The van der Waals surface area contributed by atoms with E-state index in [9.17, 15) is 9.59 Å². The van der Waals surface area contributed by atoms with Gasteiger partial charge in [-0.05, 0) is 81.2 Å². The van der Waals surface area contributed by atoms with Crippen molar-refractivity contribution in [1.29, 1.82) is 0 Å². The smallest absolute Gasteiger partial charge is 0.337 e. The monoisotopic (exact) mass is 513 g/mol. The van der Waals surface area contributed by atoms with Crippen molar-refractivity contribution in [2.75, 3.05) is 33.4 Å². The first-order valence-corrected chi connectivity index (χ1v) is 12.7. The second-order valence-electron chi connectivity index (χ2n) is 9.16. The number of unbranched alkanes of at least 4 members (excludes halogenated alkanes) is 1. The number of ether oxygens (including phenoxy) is 2. The largest absolute Gasteiger partial charge is 0.494 e. The molecule has 1 aliphatic rings. The molecule has 0 aliphatic carbocycles. The van der Waals surface area contributed by atoms with Crippen molar-refractivity contribution in [1.82, 2.24) is 4.90 Å². The second kappa shape index (κ2) is 13.5. The number of carbonyl (C=O) groups excluding carboxylic acids is 2. The minimum absolute atomic E-state index is 0. The Balaban J connectivity index is 0.00000361. The maximum atomic E-state index is 13.5. The number of hydrogen-bond donors (Lipinski definition) is 0. The molecule has 194 valence electrons. The molecule has 1 aliphatic heterocycles. The van der Waals surface area contributed by atoms with E-state index in [-0.39, 0.29) is 18.2 Å². The third-order valence-electron chi connectivity index (χ3n) is 6.62. The highest BCUT2D eigenvalue weighted by molar-refractivity contribution is 6.17. The number of nitrogens with zero attached hydrogens (tertiary/aromatic N) is 1. The van der Waals surface area contributed by atoms with Crippen LogP contribution in [0, 0.1) is 0 Å². The van der Waals surface area contributed by atoms with Crippen molar-refractivity contribution in [3.63, 3.8) is 0 Å². The van der Waals surface area contributed by atoms with Gasteiger partial charge in [-0.1, -0.05) is 19.8 Å². The Bertz CT molecular complexity index is 1150. The van der Waals surface area contributed by atoms with Gasteiger partial charge in [-0.15, -0.1) is 12.4 Å². The predicted octanol–water partition coefficient (Wildman–Crippen LogP) is 6.47. The normalized spacial score (nSPS) is 13.8. The van der Waals surface area contributed by atoms with Gasteiger partial charge in [-0.25, -0.2) is 4.79 Å². The number of hydrogen-bond acceptors (Lipinski definition) is 6. The van der Waals surface area contributed by atoms with Crippen LogP contribution >= 0.6 is 12.4 Å². The van der Waals surface area contributed by atoms with Crippen molar-refractivity contribution in [3.05, 3.63) is 64.9 Å². The Labute approximate surface area is 219 Å². The fourth-order valence-electron chi connectivity index (χ4n) is 4.66. The highest BCUT2D eigenvalue weighted by Crippen LogP contribution is 2.31. The minimum Gasteiger partial charge on any atom is -0.494 e. The number of ketones is 1. The van der Waals surface area contributed by atoms with Crippen LogP contribution in [0.3, 0.4) is 0 Å². The van der Waals surface area contributed by atoms with Gasteiger partial charge in [0.15, 0.2) is 5.78 Å². The molecule has 0 spiro atoms. The van der Waals surface area contributed by atoms with Crippen LogP contribution in [0.5, 0.6) is 5.75 Å². The minimum atomic E-state index is -0.433. The molecule has 0 unspecified atom stereocenters. The summed E-state index contributed by atoms with van der Waals surface area (Å²) in [6, 6.07) is 12.4. The molecule has 6 nitrogen and oxygen atoms in total. The number of esters is 1. The van der Waals surface area contributed by atoms with Crippen molar-refractivity contribution in [2.45, 2.75) is 51.9 Å². The lowest BCUT2D eigenvalue weighted by molar-refractivity contribution is 0.0600. The summed E-state index contributed by atoms with van der Waals surface area (Å²) < 4.78 is 16.8. The lowest BCUT2D eigenvalue weighted by Crippen LogP contribution is -2.31. The van der Waals surface area contributed by atoms with Crippen molar-refractivity contribution >= 4 is 35.1 Å². The van der Waals surface area contributed by atoms with Crippen LogP contribution in [-0.2, 0) is 11.2 Å². The van der Waals surface area contributed by atoms with Crippen LogP contribution in [0.1, 0.15) is 77.5 Å². The number of halogens is 1. The number of aryl methyl sites for hydroxylation is 1. The van der Waals surface area contributed by atoms with Gasteiger partial charge in [-0.3, -0.25) is 4.79 Å². The molecule has 1 saturated heterocycles. The molecule has 0 bridgehead atoms. The van der Waals surface area contributed by atoms with Crippen LogP contribution in [0.25, 0.3) is 11.0 Å². The summed E-state index contributed by atoms with van der Waals surface area (Å²) in [6.45, 7) is 6.24. The van der Waals surface area contributed by atoms with Crippen LogP contribution in [0.4, 0.5) is 0 Å². The number of benzene rings is 2. The van der Waals surface area contributed by atoms with Crippen LogP contribution in [0.2, 0.25) is 0 Å². The van der Waals surface area contributed by atoms with Gasteiger partial charge in [0, 0.05) is 23.9 Å². The van der Waals surface area contributed by atoms with Crippen LogP contribution < -0.4 is 4.74 Å². The molecule has 1 fully saturated rings. The summed E-state index contributed by atoms with van der Waals surface area (Å²) in [4.78, 5) is 28.0. The number of methoxy groups -OCH3 is 1. The Morgan fingerprint density at radius 2 is 1.69 bits per heavy atom. The van der Waals surface area contributed by atoms with Crippen LogP contribution in [0.15, 0.2) is 46.9 Å². The van der Waals surface area contributed by atoms with E-state index in [0.29, 0.717) is 46.4 Å². The first kappa shape index (κ1) is 27.8. The van der Waals surface area contributed by atoms with E-state index >= 15 is 0 Å². The van der Waals surface area contributed by atoms with E-state index in [1.54, 1.807) is 18.2 Å². The number of furan rings is 1. The van der Waals surface area contributed by atoms with Gasteiger partial charge >= 0.3 is 5.97 Å². The lowest BCUT2D eigenvalue weighted by Gasteiger charge is -2.26. The van der Waals surface area contributed by atoms with E-state index in [1.165, 1.54) is 39.5 Å². The second-order valence-corrected chi connectivity index (χ2v) is 9.16. The van der Waals surface area contributed by atoms with Gasteiger partial charge in [-0.2, -0.15) is 0 Å². The van der Waals surface area contributed by atoms with Gasteiger partial charge in [0.2, 0.25) is 0 Å². The first-order valence-electron chi connectivity index (χ1n) is 12.7. The predicted molar refractivity (Wildman–Crippen MR) is 144 cm³/mol. The fourth-order valence-corrected chi connectivity index (χ4v) is 4.66. The summed E-state index contributed by atoms with van der Waals surface area (Å²) in [5.41, 5.74) is 2.08. The number of rotatable bonds is 11. The molecular formula is C29H36ClNO5. The van der Waals surface area contributed by atoms with E-state index in [4.69, 9.17) is 13.9 Å². The molecule has 1 aromatic heterocycles. The zero-order valence-electron chi connectivity index (χ0n) is 21.2.